The smallest absolute Gasteiger partial charge is 0.170 e. The number of carbonyl (C=O) groups is 1. The maximum atomic E-state index is 13.4. The zero-order valence-electron chi connectivity index (χ0n) is 17.9. The second kappa shape index (κ2) is 9.08. The Morgan fingerprint density at radius 2 is 1.76 bits per heavy atom. The molecule has 0 aromatic heterocycles. The van der Waals surface area contributed by atoms with Crippen molar-refractivity contribution < 1.29 is 14.4 Å². The molecule has 4 heteroatoms. The third-order valence-corrected chi connectivity index (χ3v) is 5.30. The van der Waals surface area contributed by atoms with E-state index in [0.29, 0.717) is 19.4 Å². The van der Waals surface area contributed by atoms with Gasteiger partial charge in [-0.2, -0.15) is 0 Å². The van der Waals surface area contributed by atoms with Gasteiger partial charge in [0.25, 0.3) is 0 Å². The summed E-state index contributed by atoms with van der Waals surface area (Å²) in [5.74, 6) is 0.743. The second-order valence-corrected chi connectivity index (χ2v) is 7.82. The zero-order chi connectivity index (χ0) is 21.0. The highest BCUT2D eigenvalue weighted by Gasteiger charge is 2.36. The van der Waals surface area contributed by atoms with Crippen molar-refractivity contribution in [3.05, 3.63) is 76.0 Å². The van der Waals surface area contributed by atoms with Gasteiger partial charge >= 0.3 is 0 Å². The largest absolute Gasteiger partial charge is 0.492 e. The summed E-state index contributed by atoms with van der Waals surface area (Å²) in [6.07, 6.45) is 1.16. The Hall–Kier alpha value is -2.88. The van der Waals surface area contributed by atoms with Crippen LogP contribution in [0.5, 0.6) is 0 Å². The highest BCUT2D eigenvalue weighted by Crippen LogP contribution is 2.40. The standard InChI is InChI=1S/C25H29NO3/c1-16-11-17(2)23(18(3)12-16)24-22(29-15-20-9-7-6-8-10-20)14-21(25(24)27)13-19(4)26-28-5/h6-12,21H,13-15H2,1-5H3/b26-19+. The number of ketones is 1. The fourth-order valence-corrected chi connectivity index (χ4v) is 4.19. The van der Waals surface area contributed by atoms with Crippen LogP contribution < -0.4 is 0 Å². The Morgan fingerprint density at radius 1 is 1.10 bits per heavy atom. The lowest BCUT2D eigenvalue weighted by atomic mass is 9.90. The van der Waals surface area contributed by atoms with Crippen molar-refractivity contribution in [1.82, 2.24) is 0 Å². The third-order valence-electron chi connectivity index (χ3n) is 5.30. The zero-order valence-corrected chi connectivity index (χ0v) is 17.9. The number of Topliss-reactive ketones (excluding diaryl/α,β-unsaturated/α-hetero) is 1. The Bertz CT molecular complexity index is 934. The number of ether oxygens (including phenoxy) is 1. The molecule has 1 atom stereocenters. The van der Waals surface area contributed by atoms with Gasteiger partial charge in [-0.15, -0.1) is 0 Å². The first-order valence-electron chi connectivity index (χ1n) is 9.99. The highest BCUT2D eigenvalue weighted by atomic mass is 16.6. The van der Waals surface area contributed by atoms with Crippen molar-refractivity contribution in [2.75, 3.05) is 7.11 Å². The molecular weight excluding hydrogens is 362 g/mol. The van der Waals surface area contributed by atoms with Crippen molar-refractivity contribution in [3.8, 4) is 0 Å². The summed E-state index contributed by atoms with van der Waals surface area (Å²) in [6, 6.07) is 14.3. The lowest BCUT2D eigenvalue weighted by Gasteiger charge is -2.15. The fraction of sp³-hybridized carbons (Fsp3) is 0.360. The summed E-state index contributed by atoms with van der Waals surface area (Å²) in [6.45, 7) is 8.55. The van der Waals surface area contributed by atoms with Crippen molar-refractivity contribution in [2.24, 2.45) is 11.1 Å². The average molecular weight is 392 g/mol. The van der Waals surface area contributed by atoms with Crippen LogP contribution in [-0.4, -0.2) is 18.6 Å². The third kappa shape index (κ3) is 4.76. The normalized spacial score (nSPS) is 17.1. The van der Waals surface area contributed by atoms with Gasteiger partial charge in [0.15, 0.2) is 5.78 Å². The van der Waals surface area contributed by atoms with Crippen molar-refractivity contribution >= 4 is 17.1 Å². The highest BCUT2D eigenvalue weighted by molar-refractivity contribution is 6.25. The lowest BCUT2D eigenvalue weighted by Crippen LogP contribution is -2.14. The van der Waals surface area contributed by atoms with Crippen LogP contribution in [0.15, 0.2) is 53.4 Å². The fourth-order valence-electron chi connectivity index (χ4n) is 4.19. The molecule has 1 unspecified atom stereocenters. The first-order valence-corrected chi connectivity index (χ1v) is 9.99. The maximum Gasteiger partial charge on any atom is 0.170 e. The number of benzene rings is 2. The van der Waals surface area contributed by atoms with Crippen molar-refractivity contribution in [1.29, 1.82) is 0 Å². The van der Waals surface area contributed by atoms with Crippen LogP contribution >= 0.6 is 0 Å². The van der Waals surface area contributed by atoms with Crippen LogP contribution in [0.2, 0.25) is 0 Å². The molecule has 3 rings (SSSR count). The number of hydrogen-bond acceptors (Lipinski definition) is 4. The first kappa shape index (κ1) is 20.8. The van der Waals surface area contributed by atoms with Crippen LogP contribution in [0.1, 0.15) is 47.6 Å². The van der Waals surface area contributed by atoms with Crippen LogP contribution in [-0.2, 0) is 21.0 Å². The van der Waals surface area contributed by atoms with E-state index < -0.39 is 0 Å². The topological polar surface area (TPSA) is 47.9 Å². The lowest BCUT2D eigenvalue weighted by molar-refractivity contribution is -0.116. The minimum absolute atomic E-state index is 0.133. The molecule has 0 saturated carbocycles. The molecule has 0 aliphatic heterocycles. The SMILES string of the molecule is CO/N=C(\C)CC1CC(OCc2ccccc2)=C(c2c(C)cc(C)cc2C)C1=O. The van der Waals surface area contributed by atoms with E-state index in [9.17, 15) is 4.79 Å². The van der Waals surface area contributed by atoms with Crippen LogP contribution in [0.4, 0.5) is 0 Å². The van der Waals surface area contributed by atoms with Gasteiger partial charge in [0.05, 0.1) is 11.3 Å². The molecule has 0 saturated heterocycles. The van der Waals surface area contributed by atoms with Gasteiger partial charge in [0.2, 0.25) is 0 Å². The Kier molecular flexibility index (Phi) is 6.53. The van der Waals surface area contributed by atoms with Crippen LogP contribution in [0.3, 0.4) is 0 Å². The summed E-state index contributed by atoms with van der Waals surface area (Å²) < 4.78 is 6.23. The molecule has 2 aromatic carbocycles. The number of allylic oxidation sites excluding steroid dienone is 2. The van der Waals surface area contributed by atoms with Crippen molar-refractivity contribution in [2.45, 2.75) is 47.1 Å². The first-order chi connectivity index (χ1) is 13.9. The van der Waals surface area contributed by atoms with E-state index in [1.54, 1.807) is 0 Å². The molecule has 0 N–H and O–H groups in total. The molecule has 4 nitrogen and oxygen atoms in total. The predicted molar refractivity (Wildman–Crippen MR) is 117 cm³/mol. The van der Waals surface area contributed by atoms with E-state index in [1.807, 2.05) is 37.3 Å². The summed E-state index contributed by atoms with van der Waals surface area (Å²) in [7, 11) is 1.52. The number of rotatable bonds is 7. The van der Waals surface area contributed by atoms with Gasteiger partial charge in [0, 0.05) is 12.3 Å². The van der Waals surface area contributed by atoms with E-state index in [1.165, 1.54) is 12.7 Å². The number of oxime groups is 1. The molecule has 0 fully saturated rings. The quantitative estimate of drug-likeness (QED) is 0.460. The molecule has 0 heterocycles. The Morgan fingerprint density at radius 3 is 2.38 bits per heavy atom. The molecule has 0 amide bonds. The number of hydrogen-bond donors (Lipinski definition) is 0. The molecular formula is C25H29NO3. The monoisotopic (exact) mass is 391 g/mol. The second-order valence-electron chi connectivity index (χ2n) is 7.82. The Labute approximate surface area is 173 Å². The minimum atomic E-state index is -0.172. The molecule has 0 bridgehead atoms. The van der Waals surface area contributed by atoms with E-state index >= 15 is 0 Å². The van der Waals surface area contributed by atoms with E-state index in [4.69, 9.17) is 9.57 Å². The molecule has 152 valence electrons. The maximum absolute atomic E-state index is 13.4. The molecule has 0 radical (unpaired) electrons. The van der Waals surface area contributed by atoms with Crippen LogP contribution in [0.25, 0.3) is 5.57 Å². The molecule has 1 aliphatic rings. The number of nitrogens with zero attached hydrogens (tertiary/aromatic N) is 1. The van der Waals surface area contributed by atoms with Gasteiger partial charge in [-0.25, -0.2) is 0 Å². The van der Waals surface area contributed by atoms with Crippen molar-refractivity contribution in [3.63, 3.8) is 0 Å². The van der Waals surface area contributed by atoms with Gasteiger partial charge in [-0.3, -0.25) is 4.79 Å². The van der Waals surface area contributed by atoms with Crippen LogP contribution in [0, 0.1) is 26.7 Å². The van der Waals surface area contributed by atoms with E-state index in [-0.39, 0.29) is 11.7 Å². The van der Waals surface area contributed by atoms with E-state index in [0.717, 1.165) is 39.3 Å². The predicted octanol–water partition coefficient (Wildman–Crippen LogP) is 5.54. The van der Waals surface area contributed by atoms with Gasteiger partial charge < -0.3 is 9.57 Å². The molecule has 2 aromatic rings. The van der Waals surface area contributed by atoms with Gasteiger partial charge in [-0.1, -0.05) is 53.2 Å². The van der Waals surface area contributed by atoms with Gasteiger partial charge in [-0.05, 0) is 56.4 Å². The van der Waals surface area contributed by atoms with E-state index in [2.05, 4.69) is 38.1 Å². The Balaban J connectivity index is 1.97. The number of carbonyl (C=O) groups excluding carboxylic acids is 1. The molecule has 1 aliphatic carbocycles. The minimum Gasteiger partial charge on any atom is -0.492 e. The summed E-state index contributed by atoms with van der Waals surface area (Å²) >= 11 is 0. The number of aryl methyl sites for hydroxylation is 3. The summed E-state index contributed by atoms with van der Waals surface area (Å²) in [5.41, 5.74) is 7.04. The van der Waals surface area contributed by atoms with Gasteiger partial charge in [0.1, 0.15) is 19.5 Å². The molecule has 0 spiro atoms. The summed E-state index contributed by atoms with van der Waals surface area (Å²) in [5, 5.41) is 3.99. The molecule has 29 heavy (non-hydrogen) atoms. The summed E-state index contributed by atoms with van der Waals surface area (Å²) in [4.78, 5) is 18.3. The average Bonchev–Trinajstić information content (AvgIpc) is 2.96.